The second-order valence-corrected chi connectivity index (χ2v) is 4.23. The zero-order valence-electron chi connectivity index (χ0n) is 9.03. The standard InChI is InChI=1S/C12H15NO2/c1-8-3-4-10(5-9(8)2)11-6-13(7-11)12(14)15/h3-5,11H,6-7H2,1-2H3,(H,14,15). The minimum atomic E-state index is -0.810. The van der Waals surface area contributed by atoms with Crippen molar-refractivity contribution < 1.29 is 9.90 Å². The molecule has 0 saturated carbocycles. The summed E-state index contributed by atoms with van der Waals surface area (Å²) in [5, 5.41) is 8.72. The maximum Gasteiger partial charge on any atom is 0.407 e. The van der Waals surface area contributed by atoms with Crippen molar-refractivity contribution in [3.8, 4) is 0 Å². The van der Waals surface area contributed by atoms with E-state index >= 15 is 0 Å². The molecule has 3 heteroatoms. The summed E-state index contributed by atoms with van der Waals surface area (Å²) in [4.78, 5) is 12.0. The van der Waals surface area contributed by atoms with Crippen LogP contribution in [0.2, 0.25) is 0 Å². The Balaban J connectivity index is 2.07. The maximum atomic E-state index is 10.6. The van der Waals surface area contributed by atoms with E-state index in [4.69, 9.17) is 5.11 Å². The number of nitrogens with zero attached hydrogens (tertiary/aromatic N) is 1. The SMILES string of the molecule is Cc1ccc(C2CN(C(=O)O)C2)cc1C. The van der Waals surface area contributed by atoms with Crippen LogP contribution >= 0.6 is 0 Å². The van der Waals surface area contributed by atoms with Crippen LogP contribution in [0.5, 0.6) is 0 Å². The van der Waals surface area contributed by atoms with Gasteiger partial charge in [0.2, 0.25) is 0 Å². The molecule has 0 unspecified atom stereocenters. The molecule has 1 aromatic carbocycles. The van der Waals surface area contributed by atoms with Crippen molar-refractivity contribution in [1.29, 1.82) is 0 Å². The van der Waals surface area contributed by atoms with Crippen molar-refractivity contribution in [3.63, 3.8) is 0 Å². The molecule has 0 bridgehead atoms. The van der Waals surface area contributed by atoms with Crippen LogP contribution in [-0.2, 0) is 0 Å². The highest BCUT2D eigenvalue weighted by molar-refractivity contribution is 5.66. The molecule has 2 rings (SSSR count). The normalized spacial score (nSPS) is 16.3. The number of hydrogen-bond acceptors (Lipinski definition) is 1. The van der Waals surface area contributed by atoms with Crippen molar-refractivity contribution in [2.45, 2.75) is 19.8 Å². The van der Waals surface area contributed by atoms with Gasteiger partial charge in [0.05, 0.1) is 0 Å². The number of benzene rings is 1. The Morgan fingerprint density at radius 1 is 1.33 bits per heavy atom. The van der Waals surface area contributed by atoms with Gasteiger partial charge in [-0.15, -0.1) is 0 Å². The van der Waals surface area contributed by atoms with Gasteiger partial charge in [-0.05, 0) is 30.5 Å². The molecule has 1 aliphatic heterocycles. The van der Waals surface area contributed by atoms with Crippen LogP contribution in [0.3, 0.4) is 0 Å². The second-order valence-electron chi connectivity index (χ2n) is 4.23. The molecule has 0 radical (unpaired) electrons. The molecule has 80 valence electrons. The molecule has 0 atom stereocenters. The molecule has 1 aromatic rings. The fraction of sp³-hybridized carbons (Fsp3) is 0.417. The van der Waals surface area contributed by atoms with Gasteiger partial charge in [-0.2, -0.15) is 0 Å². The molecule has 0 aromatic heterocycles. The van der Waals surface area contributed by atoms with E-state index in [1.807, 2.05) is 0 Å². The van der Waals surface area contributed by atoms with Crippen LogP contribution in [0.25, 0.3) is 0 Å². The van der Waals surface area contributed by atoms with Crippen molar-refractivity contribution in [2.24, 2.45) is 0 Å². The molecule has 1 aliphatic rings. The Hall–Kier alpha value is -1.51. The summed E-state index contributed by atoms with van der Waals surface area (Å²) < 4.78 is 0. The summed E-state index contributed by atoms with van der Waals surface area (Å²) in [6, 6.07) is 6.37. The van der Waals surface area contributed by atoms with E-state index in [1.165, 1.54) is 21.6 Å². The van der Waals surface area contributed by atoms with Gasteiger partial charge >= 0.3 is 6.09 Å². The lowest BCUT2D eigenvalue weighted by molar-refractivity contribution is 0.105. The Labute approximate surface area is 89.3 Å². The van der Waals surface area contributed by atoms with Crippen LogP contribution in [0, 0.1) is 13.8 Å². The van der Waals surface area contributed by atoms with Gasteiger partial charge in [-0.1, -0.05) is 18.2 Å². The third-order valence-electron chi connectivity index (χ3n) is 3.15. The summed E-state index contributed by atoms with van der Waals surface area (Å²) in [6.07, 6.45) is -0.810. The van der Waals surface area contributed by atoms with E-state index in [0.717, 1.165) is 0 Å². The van der Waals surface area contributed by atoms with Gasteiger partial charge in [0.15, 0.2) is 0 Å². The minimum absolute atomic E-state index is 0.389. The third-order valence-corrected chi connectivity index (χ3v) is 3.15. The van der Waals surface area contributed by atoms with Crippen molar-refractivity contribution >= 4 is 6.09 Å². The highest BCUT2D eigenvalue weighted by Crippen LogP contribution is 2.28. The van der Waals surface area contributed by atoms with Crippen LogP contribution in [0.4, 0.5) is 4.79 Å². The van der Waals surface area contributed by atoms with Crippen LogP contribution in [0.1, 0.15) is 22.6 Å². The first-order chi connectivity index (χ1) is 7.08. The molecule has 1 fully saturated rings. The predicted octanol–water partition coefficient (Wildman–Crippen LogP) is 2.38. The summed E-state index contributed by atoms with van der Waals surface area (Å²) in [5.74, 6) is 0.389. The lowest BCUT2D eigenvalue weighted by atomic mass is 9.90. The summed E-state index contributed by atoms with van der Waals surface area (Å²) >= 11 is 0. The third kappa shape index (κ3) is 1.82. The Morgan fingerprint density at radius 3 is 2.53 bits per heavy atom. The van der Waals surface area contributed by atoms with E-state index in [0.29, 0.717) is 19.0 Å². The molecule has 0 aliphatic carbocycles. The Morgan fingerprint density at radius 2 is 2.00 bits per heavy atom. The summed E-state index contributed by atoms with van der Waals surface area (Å²) in [5.41, 5.74) is 3.82. The van der Waals surface area contributed by atoms with E-state index in [-0.39, 0.29) is 0 Å². The van der Waals surface area contributed by atoms with Crippen molar-refractivity contribution in [2.75, 3.05) is 13.1 Å². The topological polar surface area (TPSA) is 40.5 Å². The quantitative estimate of drug-likeness (QED) is 0.764. The first kappa shape index (κ1) is 10.0. The zero-order chi connectivity index (χ0) is 11.0. The molecule has 0 spiro atoms. The molecule has 1 amide bonds. The molecule has 1 N–H and O–H groups in total. The van der Waals surface area contributed by atoms with Gasteiger partial charge in [-0.3, -0.25) is 0 Å². The highest BCUT2D eigenvalue weighted by atomic mass is 16.4. The van der Waals surface area contributed by atoms with Gasteiger partial charge < -0.3 is 10.0 Å². The van der Waals surface area contributed by atoms with Crippen LogP contribution in [0.15, 0.2) is 18.2 Å². The lowest BCUT2D eigenvalue weighted by Crippen LogP contribution is -2.47. The van der Waals surface area contributed by atoms with Gasteiger partial charge in [0.25, 0.3) is 0 Å². The number of aryl methyl sites for hydroxylation is 2. The maximum absolute atomic E-state index is 10.6. The summed E-state index contributed by atoms with van der Waals surface area (Å²) in [7, 11) is 0. The molecule has 1 saturated heterocycles. The lowest BCUT2D eigenvalue weighted by Gasteiger charge is -2.37. The Kier molecular flexibility index (Phi) is 2.39. The number of carbonyl (C=O) groups is 1. The molecule has 3 nitrogen and oxygen atoms in total. The summed E-state index contributed by atoms with van der Waals surface area (Å²) in [6.45, 7) is 5.45. The largest absolute Gasteiger partial charge is 0.465 e. The number of amides is 1. The average Bonchev–Trinajstić information content (AvgIpc) is 2.08. The van der Waals surface area contributed by atoms with E-state index in [9.17, 15) is 4.79 Å². The Bertz CT molecular complexity index is 395. The first-order valence-electron chi connectivity index (χ1n) is 5.13. The molecule has 1 heterocycles. The number of carboxylic acid groups (broad SMARTS) is 1. The van der Waals surface area contributed by atoms with Gasteiger partial charge in [-0.25, -0.2) is 4.79 Å². The van der Waals surface area contributed by atoms with E-state index < -0.39 is 6.09 Å². The average molecular weight is 205 g/mol. The predicted molar refractivity (Wildman–Crippen MR) is 58.3 cm³/mol. The smallest absolute Gasteiger partial charge is 0.407 e. The molecule has 15 heavy (non-hydrogen) atoms. The molecular weight excluding hydrogens is 190 g/mol. The first-order valence-corrected chi connectivity index (χ1v) is 5.13. The number of hydrogen-bond donors (Lipinski definition) is 1. The van der Waals surface area contributed by atoms with Crippen molar-refractivity contribution in [3.05, 3.63) is 34.9 Å². The molecular formula is C12H15NO2. The van der Waals surface area contributed by atoms with E-state index in [1.54, 1.807) is 0 Å². The fourth-order valence-electron chi connectivity index (χ4n) is 1.86. The van der Waals surface area contributed by atoms with Gasteiger partial charge in [0, 0.05) is 19.0 Å². The van der Waals surface area contributed by atoms with Gasteiger partial charge in [0.1, 0.15) is 0 Å². The monoisotopic (exact) mass is 205 g/mol. The zero-order valence-corrected chi connectivity index (χ0v) is 9.03. The minimum Gasteiger partial charge on any atom is -0.465 e. The van der Waals surface area contributed by atoms with Crippen LogP contribution in [-0.4, -0.2) is 29.2 Å². The highest BCUT2D eigenvalue weighted by Gasteiger charge is 2.31. The van der Waals surface area contributed by atoms with E-state index in [2.05, 4.69) is 32.0 Å². The number of rotatable bonds is 1. The number of likely N-dealkylation sites (tertiary alicyclic amines) is 1. The van der Waals surface area contributed by atoms with Crippen LogP contribution < -0.4 is 0 Å². The van der Waals surface area contributed by atoms with Crippen molar-refractivity contribution in [1.82, 2.24) is 4.90 Å². The second kappa shape index (κ2) is 3.57. The fourth-order valence-corrected chi connectivity index (χ4v) is 1.86.